The van der Waals surface area contributed by atoms with Crippen molar-refractivity contribution in [2.75, 3.05) is 13.1 Å². The van der Waals surface area contributed by atoms with Crippen LogP contribution in [0.15, 0.2) is 35.8 Å². The summed E-state index contributed by atoms with van der Waals surface area (Å²) >= 11 is 1.64. The number of nitrogens with one attached hydrogen (secondary N) is 3. The maximum Gasteiger partial charge on any atom is 0.315 e. The molecule has 1 aliphatic carbocycles. The van der Waals surface area contributed by atoms with Crippen molar-refractivity contribution in [3.8, 4) is 10.4 Å². The minimum atomic E-state index is -0.239. The molecule has 1 saturated carbocycles. The van der Waals surface area contributed by atoms with Gasteiger partial charge in [-0.05, 0) is 36.4 Å². The van der Waals surface area contributed by atoms with Crippen LogP contribution in [0.1, 0.15) is 42.6 Å². The Balaban J connectivity index is 1.36. The van der Waals surface area contributed by atoms with Crippen LogP contribution in [0.25, 0.3) is 10.4 Å². The van der Waals surface area contributed by atoms with E-state index in [4.69, 9.17) is 0 Å². The second-order valence-corrected chi connectivity index (χ2v) is 7.35. The van der Waals surface area contributed by atoms with E-state index in [1.54, 1.807) is 23.6 Å². The molecule has 0 saturated heterocycles. The number of hydrogen-bond acceptors (Lipinski definition) is 4. The number of urea groups is 1. The summed E-state index contributed by atoms with van der Waals surface area (Å²) < 4.78 is 0. The Morgan fingerprint density at radius 3 is 2.58 bits per heavy atom. The molecule has 0 aliphatic heterocycles. The van der Waals surface area contributed by atoms with Gasteiger partial charge in [0.2, 0.25) is 0 Å². The van der Waals surface area contributed by atoms with Crippen molar-refractivity contribution in [3.05, 3.63) is 41.5 Å². The summed E-state index contributed by atoms with van der Waals surface area (Å²) in [6, 6.07) is 7.73. The molecular formula is C19H24N4O2S. The van der Waals surface area contributed by atoms with E-state index >= 15 is 0 Å². The molecule has 6 nitrogen and oxygen atoms in total. The molecule has 0 spiro atoms. The van der Waals surface area contributed by atoms with E-state index in [0.717, 1.165) is 23.3 Å². The average Bonchev–Trinajstić information content (AvgIpc) is 3.21. The summed E-state index contributed by atoms with van der Waals surface area (Å²) in [5.41, 5.74) is 1.37. The minimum Gasteiger partial charge on any atom is -0.349 e. The summed E-state index contributed by atoms with van der Waals surface area (Å²) in [5.74, 6) is -0.239. The monoisotopic (exact) mass is 372 g/mol. The van der Waals surface area contributed by atoms with Crippen LogP contribution in [0, 0.1) is 0 Å². The van der Waals surface area contributed by atoms with Crippen molar-refractivity contribution in [1.29, 1.82) is 0 Å². The normalized spacial score (nSPS) is 14.6. The number of carbonyl (C=O) groups is 2. The first-order valence-electron chi connectivity index (χ1n) is 9.05. The quantitative estimate of drug-likeness (QED) is 0.681. The third-order valence-electron chi connectivity index (χ3n) is 4.44. The topological polar surface area (TPSA) is 83.1 Å². The summed E-state index contributed by atoms with van der Waals surface area (Å²) in [6.07, 6.45) is 7.43. The highest BCUT2D eigenvalue weighted by molar-refractivity contribution is 7.13. The lowest BCUT2D eigenvalue weighted by atomic mass is 9.96. The molecule has 2 aromatic rings. The maximum absolute atomic E-state index is 12.1. The Kier molecular flexibility index (Phi) is 6.60. The molecule has 0 aromatic carbocycles. The number of thiophene rings is 1. The van der Waals surface area contributed by atoms with Gasteiger partial charge in [-0.25, -0.2) is 4.79 Å². The third kappa shape index (κ3) is 5.29. The Bertz CT molecular complexity index is 710. The van der Waals surface area contributed by atoms with Crippen LogP contribution in [-0.4, -0.2) is 36.1 Å². The van der Waals surface area contributed by atoms with Gasteiger partial charge in [0.25, 0.3) is 5.91 Å². The summed E-state index contributed by atoms with van der Waals surface area (Å²) in [5, 5.41) is 10.5. The van der Waals surface area contributed by atoms with Gasteiger partial charge < -0.3 is 16.0 Å². The SMILES string of the molecule is O=C(NCCNC(=O)c1ccc(-c2cccs2)cn1)NC1CCCCC1. The van der Waals surface area contributed by atoms with E-state index in [1.165, 1.54) is 19.3 Å². The fraction of sp³-hybridized carbons (Fsp3) is 0.421. The van der Waals surface area contributed by atoms with Gasteiger partial charge in [-0.1, -0.05) is 25.3 Å². The first kappa shape index (κ1) is 18.4. The molecule has 1 aliphatic rings. The van der Waals surface area contributed by atoms with Crippen molar-refractivity contribution >= 4 is 23.3 Å². The van der Waals surface area contributed by atoms with E-state index in [2.05, 4.69) is 20.9 Å². The molecule has 26 heavy (non-hydrogen) atoms. The molecule has 138 valence electrons. The van der Waals surface area contributed by atoms with Crippen LogP contribution >= 0.6 is 11.3 Å². The minimum absolute atomic E-state index is 0.162. The van der Waals surface area contributed by atoms with Crippen LogP contribution in [0.2, 0.25) is 0 Å². The van der Waals surface area contributed by atoms with Crippen LogP contribution in [0.5, 0.6) is 0 Å². The van der Waals surface area contributed by atoms with Crippen LogP contribution in [0.3, 0.4) is 0 Å². The largest absolute Gasteiger partial charge is 0.349 e. The highest BCUT2D eigenvalue weighted by atomic mass is 32.1. The lowest BCUT2D eigenvalue weighted by Crippen LogP contribution is -2.45. The van der Waals surface area contributed by atoms with Gasteiger partial charge in [-0.3, -0.25) is 9.78 Å². The zero-order valence-electron chi connectivity index (χ0n) is 14.7. The second-order valence-electron chi connectivity index (χ2n) is 6.40. The molecule has 3 N–H and O–H groups in total. The molecule has 3 rings (SSSR count). The molecule has 0 atom stereocenters. The first-order valence-corrected chi connectivity index (χ1v) is 9.93. The summed E-state index contributed by atoms with van der Waals surface area (Å²) in [7, 11) is 0. The van der Waals surface area contributed by atoms with Crippen molar-refractivity contribution in [2.45, 2.75) is 38.1 Å². The van der Waals surface area contributed by atoms with Gasteiger partial charge in [0.1, 0.15) is 5.69 Å². The standard InChI is InChI=1S/C19H24N4O2S/c24-18(16-9-8-14(13-22-16)17-7-4-12-26-17)20-10-11-21-19(25)23-15-5-2-1-3-6-15/h4,7-9,12-13,15H,1-3,5-6,10-11H2,(H,20,24)(H2,21,23,25). The van der Waals surface area contributed by atoms with Gasteiger partial charge in [0.15, 0.2) is 0 Å². The zero-order chi connectivity index (χ0) is 18.2. The number of aromatic nitrogens is 1. The van der Waals surface area contributed by atoms with Crippen molar-refractivity contribution < 1.29 is 9.59 Å². The fourth-order valence-electron chi connectivity index (χ4n) is 3.04. The predicted octanol–water partition coefficient (Wildman–Crippen LogP) is 3.17. The molecule has 2 heterocycles. The Labute approximate surface area is 157 Å². The summed E-state index contributed by atoms with van der Waals surface area (Å²) in [6.45, 7) is 0.753. The average molecular weight is 372 g/mol. The predicted molar refractivity (Wildman–Crippen MR) is 103 cm³/mol. The second kappa shape index (κ2) is 9.33. The number of nitrogens with zero attached hydrogens (tertiary/aromatic N) is 1. The third-order valence-corrected chi connectivity index (χ3v) is 5.36. The molecule has 7 heteroatoms. The molecule has 0 bridgehead atoms. The molecule has 0 unspecified atom stereocenters. The molecule has 0 radical (unpaired) electrons. The highest BCUT2D eigenvalue weighted by Gasteiger charge is 2.15. The van der Waals surface area contributed by atoms with E-state index in [1.807, 2.05) is 23.6 Å². The summed E-state index contributed by atoms with van der Waals surface area (Å²) in [4.78, 5) is 29.3. The van der Waals surface area contributed by atoms with Crippen LogP contribution in [0.4, 0.5) is 4.79 Å². The van der Waals surface area contributed by atoms with E-state index in [0.29, 0.717) is 18.8 Å². The van der Waals surface area contributed by atoms with Crippen molar-refractivity contribution in [3.63, 3.8) is 0 Å². The fourth-order valence-corrected chi connectivity index (χ4v) is 3.76. The first-order chi connectivity index (χ1) is 12.7. The van der Waals surface area contributed by atoms with Gasteiger partial charge in [-0.2, -0.15) is 0 Å². The van der Waals surface area contributed by atoms with Gasteiger partial charge in [-0.15, -0.1) is 11.3 Å². The Morgan fingerprint density at radius 1 is 1.08 bits per heavy atom. The lowest BCUT2D eigenvalue weighted by Gasteiger charge is -2.22. The van der Waals surface area contributed by atoms with E-state index in [9.17, 15) is 9.59 Å². The van der Waals surface area contributed by atoms with Gasteiger partial charge >= 0.3 is 6.03 Å². The van der Waals surface area contributed by atoms with Crippen molar-refractivity contribution in [1.82, 2.24) is 20.9 Å². The van der Waals surface area contributed by atoms with Crippen molar-refractivity contribution in [2.24, 2.45) is 0 Å². The van der Waals surface area contributed by atoms with E-state index in [-0.39, 0.29) is 18.0 Å². The smallest absolute Gasteiger partial charge is 0.315 e. The Morgan fingerprint density at radius 2 is 1.88 bits per heavy atom. The number of hydrogen-bond donors (Lipinski definition) is 3. The zero-order valence-corrected chi connectivity index (χ0v) is 15.5. The maximum atomic E-state index is 12.1. The van der Waals surface area contributed by atoms with Crippen LogP contribution < -0.4 is 16.0 Å². The number of pyridine rings is 1. The number of amides is 3. The highest BCUT2D eigenvalue weighted by Crippen LogP contribution is 2.23. The lowest BCUT2D eigenvalue weighted by molar-refractivity contribution is 0.0949. The molecule has 1 fully saturated rings. The number of rotatable bonds is 6. The molecular weight excluding hydrogens is 348 g/mol. The van der Waals surface area contributed by atoms with Crippen LogP contribution in [-0.2, 0) is 0 Å². The van der Waals surface area contributed by atoms with E-state index < -0.39 is 0 Å². The molecule has 3 amide bonds. The van der Waals surface area contributed by atoms with Gasteiger partial charge in [0.05, 0.1) is 0 Å². The molecule has 2 aromatic heterocycles. The Hall–Kier alpha value is -2.41. The van der Waals surface area contributed by atoms with Gasteiger partial charge in [0, 0.05) is 35.8 Å². The number of carbonyl (C=O) groups excluding carboxylic acids is 2.